The Morgan fingerprint density at radius 3 is 2.52 bits per heavy atom. The zero-order valence-electron chi connectivity index (χ0n) is 16.6. The number of ether oxygens (including phenoxy) is 1. The summed E-state index contributed by atoms with van der Waals surface area (Å²) in [6.07, 6.45) is 0. The standard InChI is InChI=1S/C23H18ClNO6/c1-12-7-10-18(31-12)20-19(21(27)14-11-13(30-2)8-9-15(14)24)22(28)23(29)25(20)16-5-3-4-6-17(16)26/h3-11,20,26-27H,1-2H3/b21-19+. The molecule has 0 aliphatic carbocycles. The van der Waals surface area contributed by atoms with E-state index in [0.717, 1.165) is 4.90 Å². The minimum atomic E-state index is -1.11. The molecule has 1 atom stereocenters. The van der Waals surface area contributed by atoms with Crippen molar-refractivity contribution < 1.29 is 29.0 Å². The third kappa shape index (κ3) is 3.43. The Morgan fingerprint density at radius 2 is 1.87 bits per heavy atom. The smallest absolute Gasteiger partial charge is 0.300 e. The van der Waals surface area contributed by atoms with Crippen molar-refractivity contribution in [3.63, 3.8) is 0 Å². The van der Waals surface area contributed by atoms with Crippen LogP contribution in [0.4, 0.5) is 5.69 Å². The molecule has 4 rings (SSSR count). The van der Waals surface area contributed by atoms with Gasteiger partial charge in [0.05, 0.1) is 23.4 Å². The van der Waals surface area contributed by atoms with Crippen LogP contribution in [0.5, 0.6) is 11.5 Å². The Bertz CT molecular complexity index is 1230. The molecule has 2 heterocycles. The first-order chi connectivity index (χ1) is 14.8. The Balaban J connectivity index is 1.99. The number of aryl methyl sites for hydroxylation is 1. The fourth-order valence-electron chi connectivity index (χ4n) is 3.58. The summed E-state index contributed by atoms with van der Waals surface area (Å²) in [5, 5.41) is 21.6. The van der Waals surface area contributed by atoms with Gasteiger partial charge in [-0.15, -0.1) is 0 Å². The molecule has 7 nitrogen and oxygen atoms in total. The Morgan fingerprint density at radius 1 is 1.13 bits per heavy atom. The van der Waals surface area contributed by atoms with Crippen LogP contribution in [-0.4, -0.2) is 29.0 Å². The molecule has 1 unspecified atom stereocenters. The molecule has 1 aromatic heterocycles. The first-order valence-electron chi connectivity index (χ1n) is 9.32. The van der Waals surface area contributed by atoms with E-state index in [1.54, 1.807) is 37.3 Å². The van der Waals surface area contributed by atoms with E-state index >= 15 is 0 Å². The second-order valence-electron chi connectivity index (χ2n) is 6.95. The van der Waals surface area contributed by atoms with Crippen molar-refractivity contribution >= 4 is 34.7 Å². The van der Waals surface area contributed by atoms with E-state index in [2.05, 4.69) is 0 Å². The molecule has 158 valence electrons. The molecule has 2 aromatic carbocycles. The van der Waals surface area contributed by atoms with E-state index in [1.165, 1.54) is 31.4 Å². The molecule has 1 fully saturated rings. The van der Waals surface area contributed by atoms with Crippen LogP contribution in [0.15, 0.2) is 64.6 Å². The molecule has 1 aliphatic heterocycles. The van der Waals surface area contributed by atoms with Crippen molar-refractivity contribution in [2.45, 2.75) is 13.0 Å². The number of halogens is 1. The summed E-state index contributed by atoms with van der Waals surface area (Å²) in [6.45, 7) is 1.72. The van der Waals surface area contributed by atoms with Crippen LogP contribution < -0.4 is 9.64 Å². The fraction of sp³-hybridized carbons (Fsp3) is 0.130. The van der Waals surface area contributed by atoms with Crippen LogP contribution in [-0.2, 0) is 9.59 Å². The highest BCUT2D eigenvalue weighted by atomic mass is 35.5. The van der Waals surface area contributed by atoms with Gasteiger partial charge in [-0.05, 0) is 49.4 Å². The topological polar surface area (TPSA) is 100 Å². The van der Waals surface area contributed by atoms with Crippen molar-refractivity contribution in [2.75, 3.05) is 12.0 Å². The lowest BCUT2D eigenvalue weighted by atomic mass is 9.99. The number of Topliss-reactive ketones (excluding diaryl/α,β-unsaturated/α-hetero) is 1. The molecule has 2 N–H and O–H groups in total. The minimum Gasteiger partial charge on any atom is -0.507 e. The zero-order chi connectivity index (χ0) is 22.3. The molecule has 0 bridgehead atoms. The SMILES string of the molecule is COc1ccc(Cl)c(/C(O)=C2\C(=O)C(=O)N(c3ccccc3O)C2c2ccc(C)o2)c1. The van der Waals surface area contributed by atoms with Gasteiger partial charge in [-0.25, -0.2) is 0 Å². The molecule has 8 heteroatoms. The number of methoxy groups -OCH3 is 1. The molecule has 0 spiro atoms. The third-order valence-corrected chi connectivity index (χ3v) is 5.37. The van der Waals surface area contributed by atoms with Gasteiger partial charge < -0.3 is 19.4 Å². The number of amides is 1. The second kappa shape index (κ2) is 7.85. The number of aliphatic hydroxyl groups is 1. The monoisotopic (exact) mass is 439 g/mol. The minimum absolute atomic E-state index is 0.111. The summed E-state index contributed by atoms with van der Waals surface area (Å²) in [5.41, 5.74) is 0.0294. The van der Waals surface area contributed by atoms with E-state index in [4.69, 9.17) is 20.8 Å². The quantitative estimate of drug-likeness (QED) is 0.350. The number of aliphatic hydroxyl groups excluding tert-OH is 1. The van der Waals surface area contributed by atoms with Gasteiger partial charge in [-0.3, -0.25) is 14.5 Å². The number of phenols is 1. The maximum atomic E-state index is 13.1. The number of para-hydroxylation sites is 2. The highest BCUT2D eigenvalue weighted by molar-refractivity contribution is 6.52. The van der Waals surface area contributed by atoms with Crippen LogP contribution in [0.1, 0.15) is 23.1 Å². The number of benzene rings is 2. The van der Waals surface area contributed by atoms with E-state index in [9.17, 15) is 19.8 Å². The van der Waals surface area contributed by atoms with E-state index < -0.39 is 23.5 Å². The average Bonchev–Trinajstić information content (AvgIpc) is 3.29. The number of carbonyl (C=O) groups excluding carboxylic acids is 2. The van der Waals surface area contributed by atoms with E-state index in [1.807, 2.05) is 0 Å². The Kier molecular flexibility index (Phi) is 5.20. The molecular weight excluding hydrogens is 422 g/mol. The first-order valence-corrected chi connectivity index (χ1v) is 9.70. The van der Waals surface area contributed by atoms with Crippen molar-refractivity contribution in [3.05, 3.63) is 82.3 Å². The van der Waals surface area contributed by atoms with E-state index in [-0.39, 0.29) is 33.4 Å². The maximum absolute atomic E-state index is 13.1. The number of anilines is 1. The third-order valence-electron chi connectivity index (χ3n) is 5.04. The highest BCUT2D eigenvalue weighted by Crippen LogP contribution is 2.45. The largest absolute Gasteiger partial charge is 0.507 e. The maximum Gasteiger partial charge on any atom is 0.300 e. The number of hydrogen-bond donors (Lipinski definition) is 2. The summed E-state index contributed by atoms with van der Waals surface area (Å²) in [6, 6.07) is 12.9. The first kappa shape index (κ1) is 20.6. The molecule has 0 radical (unpaired) electrons. The molecule has 1 saturated heterocycles. The van der Waals surface area contributed by atoms with Crippen LogP contribution in [0.25, 0.3) is 5.76 Å². The van der Waals surface area contributed by atoms with Gasteiger partial charge in [-0.1, -0.05) is 23.7 Å². The van der Waals surface area contributed by atoms with Crippen LogP contribution in [0.2, 0.25) is 5.02 Å². The van der Waals surface area contributed by atoms with Gasteiger partial charge >= 0.3 is 0 Å². The van der Waals surface area contributed by atoms with Gasteiger partial charge in [0.15, 0.2) is 0 Å². The fourth-order valence-corrected chi connectivity index (χ4v) is 3.78. The van der Waals surface area contributed by atoms with Crippen LogP contribution >= 0.6 is 11.6 Å². The van der Waals surface area contributed by atoms with Crippen molar-refractivity contribution in [1.29, 1.82) is 0 Å². The lowest BCUT2D eigenvalue weighted by molar-refractivity contribution is -0.132. The summed E-state index contributed by atoms with van der Waals surface area (Å²) in [4.78, 5) is 27.2. The lowest BCUT2D eigenvalue weighted by Crippen LogP contribution is -2.29. The lowest BCUT2D eigenvalue weighted by Gasteiger charge is -2.24. The number of nitrogens with zero attached hydrogens (tertiary/aromatic N) is 1. The number of rotatable bonds is 4. The molecule has 0 saturated carbocycles. The predicted octanol–water partition coefficient (Wildman–Crippen LogP) is 4.58. The molecular formula is C23H18ClNO6. The number of aromatic hydroxyl groups is 1. The summed E-state index contributed by atoms with van der Waals surface area (Å²) in [5.74, 6) is -1.31. The van der Waals surface area contributed by atoms with Crippen LogP contribution in [0.3, 0.4) is 0 Å². The average molecular weight is 440 g/mol. The summed E-state index contributed by atoms with van der Waals surface area (Å²) >= 11 is 6.26. The predicted molar refractivity (Wildman–Crippen MR) is 114 cm³/mol. The van der Waals surface area contributed by atoms with Crippen LogP contribution in [0, 0.1) is 6.92 Å². The van der Waals surface area contributed by atoms with Gasteiger partial charge in [0.1, 0.15) is 34.8 Å². The molecule has 1 aliphatic rings. The van der Waals surface area contributed by atoms with Crippen molar-refractivity contribution in [3.8, 4) is 11.5 Å². The zero-order valence-corrected chi connectivity index (χ0v) is 17.4. The second-order valence-corrected chi connectivity index (χ2v) is 7.36. The number of ketones is 1. The number of furan rings is 1. The van der Waals surface area contributed by atoms with E-state index in [0.29, 0.717) is 11.5 Å². The number of hydrogen-bond acceptors (Lipinski definition) is 6. The van der Waals surface area contributed by atoms with Gasteiger partial charge in [-0.2, -0.15) is 0 Å². The van der Waals surface area contributed by atoms with Gasteiger partial charge in [0.25, 0.3) is 11.7 Å². The summed E-state index contributed by atoms with van der Waals surface area (Å²) in [7, 11) is 1.45. The molecule has 31 heavy (non-hydrogen) atoms. The summed E-state index contributed by atoms with van der Waals surface area (Å²) < 4.78 is 10.9. The van der Waals surface area contributed by atoms with Crippen molar-refractivity contribution in [2.24, 2.45) is 0 Å². The number of carbonyl (C=O) groups is 2. The molecule has 1 amide bonds. The van der Waals surface area contributed by atoms with Gasteiger partial charge in [0, 0.05) is 5.56 Å². The molecule has 3 aromatic rings. The normalized spacial score (nSPS) is 17.9. The number of phenolic OH excluding ortho intramolecular Hbond substituents is 1. The Labute approximate surface area is 182 Å². The van der Waals surface area contributed by atoms with Crippen molar-refractivity contribution in [1.82, 2.24) is 0 Å². The van der Waals surface area contributed by atoms with Gasteiger partial charge in [0.2, 0.25) is 0 Å². The Hall–Kier alpha value is -3.71. The highest BCUT2D eigenvalue weighted by Gasteiger charge is 2.49.